The largest absolute Gasteiger partial charge is 0.497 e. The predicted molar refractivity (Wildman–Crippen MR) is 112 cm³/mol. The van der Waals surface area contributed by atoms with Crippen LogP contribution in [0.3, 0.4) is 0 Å². The van der Waals surface area contributed by atoms with Gasteiger partial charge in [0.25, 0.3) is 0 Å². The first kappa shape index (κ1) is 19.3. The van der Waals surface area contributed by atoms with E-state index < -0.39 is 0 Å². The fourth-order valence-electron chi connectivity index (χ4n) is 3.22. The summed E-state index contributed by atoms with van der Waals surface area (Å²) in [7, 11) is 1.66. The molecule has 27 heavy (non-hydrogen) atoms. The van der Waals surface area contributed by atoms with Gasteiger partial charge in [-0.3, -0.25) is 0 Å². The van der Waals surface area contributed by atoms with E-state index in [-0.39, 0.29) is 11.6 Å². The van der Waals surface area contributed by atoms with Gasteiger partial charge in [-0.2, -0.15) is 0 Å². The van der Waals surface area contributed by atoms with Gasteiger partial charge in [-0.05, 0) is 75.5 Å². The van der Waals surface area contributed by atoms with Gasteiger partial charge < -0.3 is 24.8 Å². The standard InChI is InChI=1S/C21H26N2O3S/c1-5-25-15-8-6-14(7-9-15)22-20(27)23-18-13-21(2,3)26-19-11-10-16(24-4)12-17(18)19/h6-12,18H,5,13H2,1-4H3,(H2,22,23,27)/t18-/m1/s1. The number of hydrogen-bond donors (Lipinski definition) is 2. The first-order valence-corrected chi connectivity index (χ1v) is 9.48. The quantitative estimate of drug-likeness (QED) is 0.728. The van der Waals surface area contributed by atoms with Gasteiger partial charge >= 0.3 is 0 Å². The van der Waals surface area contributed by atoms with E-state index in [0.717, 1.165) is 34.9 Å². The molecule has 5 nitrogen and oxygen atoms in total. The Morgan fingerprint density at radius 1 is 1.19 bits per heavy atom. The lowest BCUT2D eigenvalue weighted by Crippen LogP contribution is -2.42. The van der Waals surface area contributed by atoms with Crippen molar-refractivity contribution < 1.29 is 14.2 Å². The third-order valence-corrected chi connectivity index (χ3v) is 4.62. The Balaban J connectivity index is 1.73. The number of hydrogen-bond acceptors (Lipinski definition) is 4. The highest BCUT2D eigenvalue weighted by molar-refractivity contribution is 7.80. The maximum atomic E-state index is 6.11. The maximum absolute atomic E-state index is 6.11. The van der Waals surface area contributed by atoms with Crippen LogP contribution in [0.15, 0.2) is 42.5 Å². The number of benzene rings is 2. The molecule has 0 spiro atoms. The van der Waals surface area contributed by atoms with Crippen LogP contribution in [-0.2, 0) is 0 Å². The molecule has 2 aromatic rings. The summed E-state index contributed by atoms with van der Waals surface area (Å²) in [5.41, 5.74) is 1.67. The highest BCUT2D eigenvalue weighted by Crippen LogP contribution is 2.41. The van der Waals surface area contributed by atoms with Gasteiger partial charge in [0, 0.05) is 17.7 Å². The average Bonchev–Trinajstić information content (AvgIpc) is 2.62. The van der Waals surface area contributed by atoms with Crippen LogP contribution >= 0.6 is 12.2 Å². The van der Waals surface area contributed by atoms with Crippen LogP contribution in [-0.4, -0.2) is 24.4 Å². The first-order chi connectivity index (χ1) is 12.9. The number of methoxy groups -OCH3 is 1. The van der Waals surface area contributed by atoms with E-state index in [2.05, 4.69) is 24.5 Å². The zero-order valence-corrected chi connectivity index (χ0v) is 17.0. The van der Waals surface area contributed by atoms with Gasteiger partial charge in [0.15, 0.2) is 5.11 Å². The molecule has 1 aliphatic heterocycles. The molecule has 1 aliphatic rings. The molecule has 0 radical (unpaired) electrons. The first-order valence-electron chi connectivity index (χ1n) is 9.07. The van der Waals surface area contributed by atoms with E-state index in [4.69, 9.17) is 26.4 Å². The minimum absolute atomic E-state index is 0.0292. The minimum atomic E-state index is -0.284. The highest BCUT2D eigenvalue weighted by Gasteiger charge is 2.34. The Morgan fingerprint density at radius 2 is 1.89 bits per heavy atom. The molecular formula is C21H26N2O3S. The van der Waals surface area contributed by atoms with Crippen molar-refractivity contribution in [2.24, 2.45) is 0 Å². The van der Waals surface area contributed by atoms with Crippen molar-refractivity contribution in [2.75, 3.05) is 19.0 Å². The van der Waals surface area contributed by atoms with Crippen molar-refractivity contribution in [1.29, 1.82) is 0 Å². The Bertz CT molecular complexity index is 806. The fraction of sp³-hybridized carbons (Fsp3) is 0.381. The number of ether oxygens (including phenoxy) is 3. The normalized spacial score (nSPS) is 17.3. The predicted octanol–water partition coefficient (Wildman–Crippen LogP) is 4.68. The molecule has 144 valence electrons. The molecule has 0 aromatic heterocycles. The molecule has 0 saturated carbocycles. The molecule has 1 atom stereocenters. The molecule has 0 saturated heterocycles. The van der Waals surface area contributed by atoms with Crippen molar-refractivity contribution in [1.82, 2.24) is 5.32 Å². The van der Waals surface area contributed by atoms with Crippen LogP contribution in [0.25, 0.3) is 0 Å². The van der Waals surface area contributed by atoms with Gasteiger partial charge in [0.05, 0.1) is 19.8 Å². The zero-order chi connectivity index (χ0) is 19.4. The average molecular weight is 387 g/mol. The molecule has 1 heterocycles. The second kappa shape index (κ2) is 8.05. The monoisotopic (exact) mass is 386 g/mol. The van der Waals surface area contributed by atoms with E-state index in [1.165, 1.54) is 0 Å². The number of anilines is 1. The number of fused-ring (bicyclic) bond motifs is 1. The van der Waals surface area contributed by atoms with Crippen molar-refractivity contribution in [2.45, 2.75) is 38.8 Å². The summed E-state index contributed by atoms with van der Waals surface area (Å²) in [5, 5.41) is 7.23. The lowest BCUT2D eigenvalue weighted by atomic mass is 9.89. The SMILES string of the molecule is CCOc1ccc(NC(=S)N[C@@H]2CC(C)(C)Oc3ccc(OC)cc32)cc1. The lowest BCUT2D eigenvalue weighted by Gasteiger charge is -2.38. The Hall–Kier alpha value is -2.47. The number of rotatable bonds is 5. The Kier molecular flexibility index (Phi) is 5.75. The Morgan fingerprint density at radius 3 is 2.56 bits per heavy atom. The van der Waals surface area contributed by atoms with Crippen LogP contribution < -0.4 is 24.8 Å². The molecule has 2 aromatic carbocycles. The zero-order valence-electron chi connectivity index (χ0n) is 16.2. The van der Waals surface area contributed by atoms with Gasteiger partial charge in [-0.25, -0.2) is 0 Å². The fourth-order valence-corrected chi connectivity index (χ4v) is 3.48. The van der Waals surface area contributed by atoms with Gasteiger partial charge in [0.2, 0.25) is 0 Å². The lowest BCUT2D eigenvalue weighted by molar-refractivity contribution is 0.0695. The van der Waals surface area contributed by atoms with E-state index in [9.17, 15) is 0 Å². The van der Waals surface area contributed by atoms with Crippen LogP contribution in [0.2, 0.25) is 0 Å². The third-order valence-electron chi connectivity index (χ3n) is 4.40. The van der Waals surface area contributed by atoms with Gasteiger partial charge in [0.1, 0.15) is 22.8 Å². The Labute approximate surface area is 166 Å². The van der Waals surface area contributed by atoms with Crippen LogP contribution in [0.5, 0.6) is 17.2 Å². The third kappa shape index (κ3) is 4.83. The summed E-state index contributed by atoms with van der Waals surface area (Å²) in [6.45, 7) is 6.78. The minimum Gasteiger partial charge on any atom is -0.497 e. The topological polar surface area (TPSA) is 51.8 Å². The van der Waals surface area contributed by atoms with E-state index >= 15 is 0 Å². The van der Waals surface area contributed by atoms with Crippen LogP contribution in [0, 0.1) is 0 Å². The molecular weight excluding hydrogens is 360 g/mol. The molecule has 0 fully saturated rings. The van der Waals surface area contributed by atoms with E-state index in [0.29, 0.717) is 11.7 Å². The summed E-state index contributed by atoms with van der Waals surface area (Å²) >= 11 is 5.54. The molecule has 2 N–H and O–H groups in total. The summed E-state index contributed by atoms with van der Waals surface area (Å²) in [6.07, 6.45) is 0.790. The van der Waals surface area contributed by atoms with Gasteiger partial charge in [-0.1, -0.05) is 0 Å². The van der Waals surface area contributed by atoms with Gasteiger partial charge in [-0.15, -0.1) is 0 Å². The number of nitrogens with one attached hydrogen (secondary N) is 2. The smallest absolute Gasteiger partial charge is 0.171 e. The summed E-state index contributed by atoms with van der Waals surface area (Å²) < 4.78 is 16.9. The molecule has 0 bridgehead atoms. The number of thiocarbonyl (C=S) groups is 1. The van der Waals surface area contributed by atoms with E-state index in [1.807, 2.05) is 49.4 Å². The molecule has 0 aliphatic carbocycles. The van der Waals surface area contributed by atoms with Crippen molar-refractivity contribution in [3.05, 3.63) is 48.0 Å². The summed E-state index contributed by atoms with van der Waals surface area (Å²) in [4.78, 5) is 0. The molecule has 0 amide bonds. The maximum Gasteiger partial charge on any atom is 0.171 e. The van der Waals surface area contributed by atoms with Crippen molar-refractivity contribution >= 4 is 23.0 Å². The highest BCUT2D eigenvalue weighted by atomic mass is 32.1. The van der Waals surface area contributed by atoms with Crippen molar-refractivity contribution in [3.8, 4) is 17.2 Å². The second-order valence-corrected chi connectivity index (χ2v) is 7.49. The van der Waals surface area contributed by atoms with Crippen molar-refractivity contribution in [3.63, 3.8) is 0 Å². The van der Waals surface area contributed by atoms with Crippen LogP contribution in [0.4, 0.5) is 5.69 Å². The molecule has 6 heteroatoms. The van der Waals surface area contributed by atoms with Crippen LogP contribution in [0.1, 0.15) is 38.8 Å². The molecule has 0 unspecified atom stereocenters. The summed E-state index contributed by atoms with van der Waals surface area (Å²) in [5.74, 6) is 2.50. The van der Waals surface area contributed by atoms with E-state index in [1.54, 1.807) is 7.11 Å². The molecule has 3 rings (SSSR count). The summed E-state index contributed by atoms with van der Waals surface area (Å²) in [6, 6.07) is 13.6. The second-order valence-electron chi connectivity index (χ2n) is 7.08.